The molecule has 1 aromatic heterocycles. The summed E-state index contributed by atoms with van der Waals surface area (Å²) in [5.41, 5.74) is 14.4. The molecule has 0 unspecified atom stereocenters. The van der Waals surface area contributed by atoms with E-state index in [4.69, 9.17) is 4.42 Å². The lowest BCUT2D eigenvalue weighted by molar-refractivity contribution is 0.673. The third kappa shape index (κ3) is 5.71. The maximum Gasteiger partial charge on any atom is 0.143 e. The Hall–Kier alpha value is -7.16. The van der Waals surface area contributed by atoms with Gasteiger partial charge in [-0.3, -0.25) is 0 Å². The Morgan fingerprint density at radius 2 is 0.759 bits per heavy atom. The summed E-state index contributed by atoms with van der Waals surface area (Å²) < 4.78 is 6.79. The molecule has 0 atom stereocenters. The molecule has 10 aromatic rings. The molecule has 0 spiro atoms. The van der Waals surface area contributed by atoms with Gasteiger partial charge in [-0.25, -0.2) is 0 Å². The van der Waals surface area contributed by atoms with E-state index in [0.29, 0.717) is 0 Å². The zero-order valence-corrected chi connectivity index (χ0v) is 29.6. The van der Waals surface area contributed by atoms with Gasteiger partial charge in [0.15, 0.2) is 0 Å². The van der Waals surface area contributed by atoms with Gasteiger partial charge in [-0.05, 0) is 80.7 Å². The molecule has 0 saturated carbocycles. The van der Waals surface area contributed by atoms with Crippen molar-refractivity contribution in [2.75, 3.05) is 4.90 Å². The first-order valence-corrected chi connectivity index (χ1v) is 18.4. The smallest absolute Gasteiger partial charge is 0.143 e. The van der Waals surface area contributed by atoms with Crippen LogP contribution in [-0.4, -0.2) is 0 Å². The van der Waals surface area contributed by atoms with Crippen LogP contribution in [0.4, 0.5) is 17.1 Å². The molecular weight excluding hydrogens is 655 g/mol. The number of nitrogens with zero attached hydrogens (tertiary/aromatic N) is 1. The fraction of sp³-hybridized carbons (Fsp3) is 0. The van der Waals surface area contributed by atoms with Gasteiger partial charge in [-0.2, -0.15) is 0 Å². The van der Waals surface area contributed by atoms with Crippen LogP contribution in [0.2, 0.25) is 0 Å². The van der Waals surface area contributed by atoms with Gasteiger partial charge in [0.25, 0.3) is 0 Å². The lowest BCUT2D eigenvalue weighted by Gasteiger charge is -2.28. The normalized spacial score (nSPS) is 11.3. The second-order valence-corrected chi connectivity index (χ2v) is 13.7. The molecule has 0 aliphatic carbocycles. The Bertz CT molecular complexity index is 2880. The van der Waals surface area contributed by atoms with Gasteiger partial charge >= 0.3 is 0 Å². The van der Waals surface area contributed by atoms with Crippen LogP contribution in [0.15, 0.2) is 217 Å². The van der Waals surface area contributed by atoms with E-state index in [1.165, 1.54) is 38.8 Å². The van der Waals surface area contributed by atoms with E-state index in [-0.39, 0.29) is 0 Å². The second kappa shape index (κ2) is 13.4. The van der Waals surface area contributed by atoms with E-state index in [9.17, 15) is 0 Å². The monoisotopic (exact) mass is 689 g/mol. The molecule has 0 bridgehead atoms. The molecule has 254 valence electrons. The minimum absolute atomic E-state index is 0.858. The first kappa shape index (κ1) is 31.6. The van der Waals surface area contributed by atoms with Crippen molar-refractivity contribution in [3.05, 3.63) is 212 Å². The largest absolute Gasteiger partial charge is 0.455 e. The highest BCUT2D eigenvalue weighted by atomic mass is 16.3. The van der Waals surface area contributed by atoms with E-state index in [0.717, 1.165) is 55.5 Å². The Morgan fingerprint density at radius 3 is 1.30 bits per heavy atom. The average molecular weight is 690 g/mol. The summed E-state index contributed by atoms with van der Waals surface area (Å²) in [6.45, 7) is 0. The number of fused-ring (bicyclic) bond motifs is 5. The van der Waals surface area contributed by atoms with Gasteiger partial charge < -0.3 is 9.32 Å². The predicted octanol–water partition coefficient (Wildman–Crippen LogP) is 14.9. The van der Waals surface area contributed by atoms with Crippen molar-refractivity contribution >= 4 is 49.8 Å². The molecule has 2 nitrogen and oxygen atoms in total. The van der Waals surface area contributed by atoms with Crippen LogP contribution in [0.5, 0.6) is 0 Å². The van der Waals surface area contributed by atoms with Crippen LogP contribution in [0.25, 0.3) is 77.2 Å². The lowest BCUT2D eigenvalue weighted by atomic mass is 9.97. The van der Waals surface area contributed by atoms with Crippen molar-refractivity contribution in [1.29, 1.82) is 0 Å². The molecule has 10 rings (SSSR count). The summed E-state index contributed by atoms with van der Waals surface area (Å²) in [5.74, 6) is 0. The van der Waals surface area contributed by atoms with Crippen LogP contribution in [0, 0.1) is 0 Å². The first-order valence-electron chi connectivity index (χ1n) is 18.4. The number of hydrogen-bond donors (Lipinski definition) is 0. The zero-order chi connectivity index (χ0) is 35.8. The molecule has 0 fully saturated rings. The maximum atomic E-state index is 6.79. The van der Waals surface area contributed by atoms with Crippen molar-refractivity contribution in [1.82, 2.24) is 0 Å². The average Bonchev–Trinajstić information content (AvgIpc) is 3.63. The van der Waals surface area contributed by atoms with Crippen molar-refractivity contribution < 1.29 is 4.42 Å². The van der Waals surface area contributed by atoms with Crippen molar-refractivity contribution in [2.45, 2.75) is 0 Å². The minimum atomic E-state index is 0.858. The molecule has 0 amide bonds. The van der Waals surface area contributed by atoms with E-state index in [1.54, 1.807) is 0 Å². The highest BCUT2D eigenvalue weighted by molar-refractivity contribution is 6.16. The first-order chi connectivity index (χ1) is 26.8. The van der Waals surface area contributed by atoms with E-state index < -0.39 is 0 Å². The van der Waals surface area contributed by atoms with Gasteiger partial charge in [0.2, 0.25) is 0 Å². The molecule has 0 saturated heterocycles. The Balaban J connectivity index is 1.14. The quantitative estimate of drug-likeness (QED) is 0.166. The van der Waals surface area contributed by atoms with Gasteiger partial charge in [-0.15, -0.1) is 0 Å². The summed E-state index contributed by atoms with van der Waals surface area (Å²) in [5, 5.41) is 4.51. The Morgan fingerprint density at radius 1 is 0.315 bits per heavy atom. The highest BCUT2D eigenvalue weighted by Gasteiger charge is 2.21. The van der Waals surface area contributed by atoms with Crippen molar-refractivity contribution in [3.63, 3.8) is 0 Å². The number of furan rings is 1. The molecule has 54 heavy (non-hydrogen) atoms. The molecule has 0 aliphatic heterocycles. The molecule has 0 aliphatic rings. The van der Waals surface area contributed by atoms with Crippen molar-refractivity contribution in [2.24, 2.45) is 0 Å². The number of benzene rings is 9. The van der Waals surface area contributed by atoms with Crippen molar-refractivity contribution in [3.8, 4) is 44.5 Å². The molecule has 2 heteroatoms. The van der Waals surface area contributed by atoms with E-state index in [2.05, 4.69) is 217 Å². The third-order valence-corrected chi connectivity index (χ3v) is 10.5. The minimum Gasteiger partial charge on any atom is -0.455 e. The fourth-order valence-corrected chi connectivity index (χ4v) is 7.72. The van der Waals surface area contributed by atoms with Gasteiger partial charge in [0, 0.05) is 39.2 Å². The van der Waals surface area contributed by atoms with Gasteiger partial charge in [0.05, 0.1) is 5.69 Å². The number of rotatable bonds is 7. The SMILES string of the molecule is c1ccc(-c2ccc(-c3ccc(N(c4ccc(-c5ccccc5)cc4)c4cc5oc6c7ccccc7ccc6c5cc4-c4ccccc4)cc3)cc2)cc1. The summed E-state index contributed by atoms with van der Waals surface area (Å²) in [6.07, 6.45) is 0. The van der Waals surface area contributed by atoms with E-state index >= 15 is 0 Å². The van der Waals surface area contributed by atoms with Gasteiger partial charge in [0.1, 0.15) is 11.2 Å². The van der Waals surface area contributed by atoms with Crippen LogP contribution in [-0.2, 0) is 0 Å². The molecule has 0 N–H and O–H groups in total. The number of hydrogen-bond acceptors (Lipinski definition) is 2. The highest BCUT2D eigenvalue weighted by Crippen LogP contribution is 2.46. The molecule has 0 radical (unpaired) electrons. The van der Waals surface area contributed by atoms with Gasteiger partial charge in [-0.1, -0.05) is 170 Å². The maximum absolute atomic E-state index is 6.79. The Labute approximate surface area is 314 Å². The molecular formula is C52H35NO. The lowest BCUT2D eigenvalue weighted by Crippen LogP contribution is -2.11. The predicted molar refractivity (Wildman–Crippen MR) is 228 cm³/mol. The van der Waals surface area contributed by atoms with Crippen LogP contribution in [0.3, 0.4) is 0 Å². The second-order valence-electron chi connectivity index (χ2n) is 13.7. The Kier molecular flexibility index (Phi) is 7.85. The topological polar surface area (TPSA) is 16.4 Å². The van der Waals surface area contributed by atoms with Crippen LogP contribution >= 0.6 is 0 Å². The molecule has 9 aromatic carbocycles. The number of anilines is 3. The van der Waals surface area contributed by atoms with Crippen LogP contribution < -0.4 is 4.90 Å². The standard InChI is InChI=1S/C52H35NO/c1-4-12-36(13-5-1)38-20-22-39(23-21-38)41-26-31-45(32-27-41)53(44-29-24-40(25-30-44)37-14-6-2-7-15-37)50-35-51-49(34-48(50)42-16-8-3-9-17-42)47-33-28-43-18-10-11-19-46(43)52(47)54-51/h1-35H. The zero-order valence-electron chi connectivity index (χ0n) is 29.6. The molecule has 1 heterocycles. The summed E-state index contributed by atoms with van der Waals surface area (Å²) in [4.78, 5) is 2.37. The summed E-state index contributed by atoms with van der Waals surface area (Å²) in [6, 6.07) is 75.8. The van der Waals surface area contributed by atoms with Crippen LogP contribution in [0.1, 0.15) is 0 Å². The summed E-state index contributed by atoms with van der Waals surface area (Å²) >= 11 is 0. The summed E-state index contributed by atoms with van der Waals surface area (Å²) in [7, 11) is 0. The van der Waals surface area contributed by atoms with E-state index in [1.807, 2.05) is 0 Å². The third-order valence-electron chi connectivity index (χ3n) is 10.5. The fourth-order valence-electron chi connectivity index (χ4n) is 7.72.